The highest BCUT2D eigenvalue weighted by Crippen LogP contribution is 2.32. The summed E-state index contributed by atoms with van der Waals surface area (Å²) in [4.78, 5) is 11.8. The standard InChI is InChI=1S/C7H8N2O3/c1-7(2)3-4-5(6(7)10)8-12-9(4)11/h3H2,1-2H3. The lowest BCUT2D eigenvalue weighted by Gasteiger charge is -2.11. The lowest BCUT2D eigenvalue weighted by Crippen LogP contribution is -2.29. The summed E-state index contributed by atoms with van der Waals surface area (Å²) in [5.41, 5.74) is 0.0423. The molecule has 0 N–H and O–H groups in total. The zero-order valence-electron chi connectivity index (χ0n) is 6.83. The van der Waals surface area contributed by atoms with Crippen molar-refractivity contribution in [2.24, 2.45) is 5.41 Å². The first-order valence-corrected chi connectivity index (χ1v) is 3.66. The molecule has 0 unspecified atom stereocenters. The van der Waals surface area contributed by atoms with E-state index in [0.717, 1.165) is 0 Å². The van der Waals surface area contributed by atoms with E-state index in [4.69, 9.17) is 0 Å². The Kier molecular flexibility index (Phi) is 1.12. The number of rotatable bonds is 0. The lowest BCUT2D eigenvalue weighted by molar-refractivity contribution is -0.808. The lowest BCUT2D eigenvalue weighted by atomic mass is 9.90. The summed E-state index contributed by atoms with van der Waals surface area (Å²) in [5.74, 6) is -0.115. The van der Waals surface area contributed by atoms with Gasteiger partial charge in [0.2, 0.25) is 11.5 Å². The van der Waals surface area contributed by atoms with Gasteiger partial charge in [-0.05, 0) is 4.90 Å². The molecule has 1 heterocycles. The Labute approximate surface area is 68.5 Å². The molecular formula is C7H8N2O3. The highest BCUT2D eigenvalue weighted by molar-refractivity contribution is 6.01. The molecule has 0 radical (unpaired) electrons. The Balaban J connectivity index is 2.57. The highest BCUT2D eigenvalue weighted by atomic mass is 16.8. The number of aromatic nitrogens is 2. The van der Waals surface area contributed by atoms with Crippen LogP contribution >= 0.6 is 0 Å². The highest BCUT2D eigenvalue weighted by Gasteiger charge is 2.46. The number of carbonyl (C=O) groups excluding carboxylic acids is 1. The van der Waals surface area contributed by atoms with Gasteiger partial charge in [-0.1, -0.05) is 13.8 Å². The normalized spacial score (nSPS) is 19.7. The van der Waals surface area contributed by atoms with Crippen LogP contribution in [0.1, 0.15) is 30.0 Å². The Morgan fingerprint density at radius 3 is 2.92 bits per heavy atom. The van der Waals surface area contributed by atoms with E-state index in [1.807, 2.05) is 0 Å². The molecule has 0 atom stereocenters. The molecule has 0 aromatic carbocycles. The molecule has 0 saturated carbocycles. The van der Waals surface area contributed by atoms with E-state index >= 15 is 0 Å². The molecule has 2 rings (SSSR count). The Hall–Kier alpha value is -1.39. The van der Waals surface area contributed by atoms with Crippen LogP contribution in [-0.4, -0.2) is 10.9 Å². The van der Waals surface area contributed by atoms with Crippen molar-refractivity contribution in [2.45, 2.75) is 20.3 Å². The van der Waals surface area contributed by atoms with E-state index in [1.165, 1.54) is 0 Å². The molecule has 0 saturated heterocycles. The average molecular weight is 168 g/mol. The number of fused-ring (bicyclic) bond motifs is 1. The number of hydrogen-bond acceptors (Lipinski definition) is 4. The van der Waals surface area contributed by atoms with Gasteiger partial charge in [0.25, 0.3) is 5.69 Å². The number of hydrogen-bond donors (Lipinski definition) is 0. The van der Waals surface area contributed by atoms with Crippen LogP contribution in [0.15, 0.2) is 4.63 Å². The second-order valence-electron chi connectivity index (χ2n) is 3.62. The van der Waals surface area contributed by atoms with Gasteiger partial charge < -0.3 is 5.21 Å². The number of nitrogens with zero attached hydrogens (tertiary/aromatic N) is 2. The third kappa shape index (κ3) is 0.704. The maximum Gasteiger partial charge on any atom is 0.287 e. The molecule has 0 amide bonds. The first-order valence-electron chi connectivity index (χ1n) is 3.66. The molecular weight excluding hydrogens is 160 g/mol. The molecule has 5 heteroatoms. The van der Waals surface area contributed by atoms with Crippen LogP contribution in [0.5, 0.6) is 0 Å². The van der Waals surface area contributed by atoms with Crippen molar-refractivity contribution in [2.75, 3.05) is 0 Å². The molecule has 1 aliphatic rings. The zero-order chi connectivity index (χ0) is 8.93. The van der Waals surface area contributed by atoms with Gasteiger partial charge in [-0.2, -0.15) is 0 Å². The van der Waals surface area contributed by atoms with E-state index in [2.05, 4.69) is 9.79 Å². The fraction of sp³-hybridized carbons (Fsp3) is 0.571. The Bertz CT molecular complexity index is 354. The van der Waals surface area contributed by atoms with Gasteiger partial charge in [-0.15, -0.1) is 0 Å². The van der Waals surface area contributed by atoms with Gasteiger partial charge >= 0.3 is 0 Å². The maximum atomic E-state index is 11.5. The molecule has 0 aliphatic heterocycles. The van der Waals surface area contributed by atoms with Crippen LogP contribution < -0.4 is 4.90 Å². The third-order valence-corrected chi connectivity index (χ3v) is 2.14. The molecule has 1 aromatic heterocycles. The van der Waals surface area contributed by atoms with Crippen LogP contribution in [0.4, 0.5) is 0 Å². The van der Waals surface area contributed by atoms with Gasteiger partial charge in [0.05, 0.1) is 0 Å². The monoisotopic (exact) mass is 168 g/mol. The Morgan fingerprint density at radius 2 is 2.33 bits per heavy atom. The minimum Gasteiger partial charge on any atom is -0.359 e. The SMILES string of the molecule is CC1(C)Cc2c(no[n+]2[O-])C1=O. The van der Waals surface area contributed by atoms with E-state index in [1.54, 1.807) is 13.8 Å². The average Bonchev–Trinajstić information content (AvgIpc) is 2.40. The van der Waals surface area contributed by atoms with E-state index in [9.17, 15) is 10.0 Å². The van der Waals surface area contributed by atoms with Crippen molar-refractivity contribution in [1.82, 2.24) is 5.16 Å². The van der Waals surface area contributed by atoms with Crippen molar-refractivity contribution >= 4 is 5.78 Å². The van der Waals surface area contributed by atoms with E-state index < -0.39 is 5.41 Å². The van der Waals surface area contributed by atoms with Crippen LogP contribution in [0.25, 0.3) is 0 Å². The van der Waals surface area contributed by atoms with E-state index in [0.29, 0.717) is 17.0 Å². The topological polar surface area (TPSA) is 70.0 Å². The smallest absolute Gasteiger partial charge is 0.287 e. The number of Topliss-reactive ketones (excluding diaryl/α,β-unsaturated/α-hetero) is 1. The quantitative estimate of drug-likeness (QED) is 0.514. The van der Waals surface area contributed by atoms with Crippen LogP contribution in [0, 0.1) is 10.6 Å². The van der Waals surface area contributed by atoms with Crippen molar-refractivity contribution in [1.29, 1.82) is 0 Å². The fourth-order valence-corrected chi connectivity index (χ4v) is 1.41. The summed E-state index contributed by atoms with van der Waals surface area (Å²) < 4.78 is 4.29. The van der Waals surface area contributed by atoms with Gasteiger partial charge in [-0.3, -0.25) is 9.42 Å². The predicted octanol–water partition coefficient (Wildman–Crippen LogP) is 0.0730. The summed E-state index contributed by atoms with van der Waals surface area (Å²) in [7, 11) is 0. The summed E-state index contributed by atoms with van der Waals surface area (Å²) in [5, 5.41) is 14.3. The Morgan fingerprint density at radius 1 is 1.67 bits per heavy atom. The van der Waals surface area contributed by atoms with Gasteiger partial charge in [-0.25, -0.2) is 0 Å². The maximum absolute atomic E-state index is 11.5. The molecule has 0 fully saturated rings. The van der Waals surface area contributed by atoms with Crippen LogP contribution in [-0.2, 0) is 6.42 Å². The summed E-state index contributed by atoms with van der Waals surface area (Å²) >= 11 is 0. The van der Waals surface area contributed by atoms with Crippen molar-refractivity contribution in [3.63, 3.8) is 0 Å². The minimum atomic E-state index is -0.499. The third-order valence-electron chi connectivity index (χ3n) is 2.14. The minimum absolute atomic E-state index is 0.115. The zero-order valence-corrected chi connectivity index (χ0v) is 6.83. The molecule has 5 nitrogen and oxygen atoms in total. The van der Waals surface area contributed by atoms with Crippen molar-refractivity contribution in [3.05, 3.63) is 16.6 Å². The number of carbonyl (C=O) groups is 1. The largest absolute Gasteiger partial charge is 0.359 e. The first-order chi connectivity index (χ1) is 5.52. The van der Waals surface area contributed by atoms with Gasteiger partial charge in [0.15, 0.2) is 0 Å². The van der Waals surface area contributed by atoms with Crippen molar-refractivity contribution in [3.8, 4) is 0 Å². The first kappa shape index (κ1) is 7.27. The molecule has 0 spiro atoms. The second-order valence-corrected chi connectivity index (χ2v) is 3.62. The predicted molar refractivity (Wildman–Crippen MR) is 37.3 cm³/mol. The summed E-state index contributed by atoms with van der Waals surface area (Å²) in [6, 6.07) is 0. The molecule has 64 valence electrons. The molecule has 0 bridgehead atoms. The van der Waals surface area contributed by atoms with Crippen LogP contribution in [0.3, 0.4) is 0 Å². The van der Waals surface area contributed by atoms with Gasteiger partial charge in [0, 0.05) is 17.0 Å². The molecule has 1 aliphatic carbocycles. The second kappa shape index (κ2) is 1.85. The van der Waals surface area contributed by atoms with Crippen molar-refractivity contribution < 1.29 is 14.3 Å². The molecule has 12 heavy (non-hydrogen) atoms. The summed E-state index contributed by atoms with van der Waals surface area (Å²) in [6.07, 6.45) is 0.411. The van der Waals surface area contributed by atoms with E-state index in [-0.39, 0.29) is 11.5 Å². The number of ketones is 1. The summed E-state index contributed by atoms with van der Waals surface area (Å²) in [6.45, 7) is 3.58. The van der Waals surface area contributed by atoms with Crippen LogP contribution in [0.2, 0.25) is 0 Å². The molecule has 1 aromatic rings. The fourth-order valence-electron chi connectivity index (χ4n) is 1.41. The van der Waals surface area contributed by atoms with Gasteiger partial charge in [0.1, 0.15) is 0 Å².